The lowest BCUT2D eigenvalue weighted by molar-refractivity contribution is 0.187. The predicted molar refractivity (Wildman–Crippen MR) is 55.7 cm³/mol. The highest BCUT2D eigenvalue weighted by Crippen LogP contribution is 2.52. The van der Waals surface area contributed by atoms with E-state index in [9.17, 15) is 0 Å². The zero-order chi connectivity index (χ0) is 9.31. The number of nitriles is 1. The summed E-state index contributed by atoms with van der Waals surface area (Å²) < 4.78 is 0. The monoisotopic (exact) mass is 175 g/mol. The zero-order valence-electron chi connectivity index (χ0n) is 8.55. The summed E-state index contributed by atoms with van der Waals surface area (Å²) in [7, 11) is 0. The summed E-state index contributed by atoms with van der Waals surface area (Å²) in [6.45, 7) is 2.79. The molecule has 0 N–H and O–H groups in total. The minimum atomic E-state index is 0.374. The molecule has 13 heavy (non-hydrogen) atoms. The van der Waals surface area contributed by atoms with Crippen molar-refractivity contribution in [2.24, 2.45) is 11.3 Å². The predicted octanol–water partition coefficient (Wildman–Crippen LogP) is 3.14. The number of hydrogen-bond donors (Lipinski definition) is 0. The standard InChI is InChI=1S/C11H18BN/c1-10-3-2-4-11(10)5-7-12(9-13)8-6-11/h10H,2-8H2,1H3. The van der Waals surface area contributed by atoms with Crippen molar-refractivity contribution in [3.8, 4) is 5.97 Å². The highest BCUT2D eigenvalue weighted by Gasteiger charge is 2.43. The van der Waals surface area contributed by atoms with Gasteiger partial charge in [-0.05, 0) is 17.8 Å². The number of hydrogen-bond acceptors (Lipinski definition) is 1. The molecular formula is C11H18BN. The topological polar surface area (TPSA) is 23.8 Å². The third-order valence-electron chi connectivity index (χ3n) is 4.52. The Morgan fingerprint density at radius 3 is 2.46 bits per heavy atom. The van der Waals surface area contributed by atoms with E-state index in [0.29, 0.717) is 12.1 Å². The SMILES string of the molecule is CC1CCCC12CCB(C#N)CC2. The van der Waals surface area contributed by atoms with Crippen LogP contribution in [0.1, 0.15) is 39.0 Å². The summed E-state index contributed by atoms with van der Waals surface area (Å²) in [5, 5.41) is 8.84. The van der Waals surface area contributed by atoms with Crippen LogP contribution >= 0.6 is 0 Å². The molecule has 0 amide bonds. The van der Waals surface area contributed by atoms with Crippen LogP contribution in [0.4, 0.5) is 0 Å². The Bertz CT molecular complexity index is 223. The summed E-state index contributed by atoms with van der Waals surface area (Å²) in [6, 6.07) is 0. The van der Waals surface area contributed by atoms with Crippen LogP contribution in [-0.4, -0.2) is 6.71 Å². The van der Waals surface area contributed by atoms with Gasteiger partial charge in [0.15, 0.2) is 0 Å². The third kappa shape index (κ3) is 1.50. The highest BCUT2D eigenvalue weighted by molar-refractivity contribution is 6.67. The maximum atomic E-state index is 8.84. The molecule has 1 heterocycles. The lowest BCUT2D eigenvalue weighted by Gasteiger charge is -2.38. The van der Waals surface area contributed by atoms with Gasteiger partial charge in [0, 0.05) is 5.97 Å². The third-order valence-corrected chi connectivity index (χ3v) is 4.52. The Morgan fingerprint density at radius 2 is 2.00 bits per heavy atom. The van der Waals surface area contributed by atoms with Gasteiger partial charge in [-0.2, -0.15) is 0 Å². The summed E-state index contributed by atoms with van der Waals surface area (Å²) in [5.74, 6) is 3.35. The van der Waals surface area contributed by atoms with Crippen molar-refractivity contribution in [3.63, 3.8) is 0 Å². The molecule has 1 saturated carbocycles. The maximum absolute atomic E-state index is 8.84. The first-order valence-electron chi connectivity index (χ1n) is 5.66. The summed E-state index contributed by atoms with van der Waals surface area (Å²) >= 11 is 0. The van der Waals surface area contributed by atoms with Gasteiger partial charge in [0.05, 0.1) is 0 Å². The van der Waals surface area contributed by atoms with Gasteiger partial charge in [-0.1, -0.05) is 45.2 Å². The van der Waals surface area contributed by atoms with Crippen LogP contribution in [0.3, 0.4) is 0 Å². The molecule has 1 aliphatic carbocycles. The first kappa shape index (κ1) is 9.12. The summed E-state index contributed by atoms with van der Waals surface area (Å²) in [6.07, 6.45) is 9.28. The molecule has 0 radical (unpaired) electrons. The summed E-state index contributed by atoms with van der Waals surface area (Å²) in [4.78, 5) is 0. The molecule has 0 aromatic heterocycles. The van der Waals surface area contributed by atoms with Crippen molar-refractivity contribution >= 4 is 6.71 Å². The van der Waals surface area contributed by atoms with Crippen molar-refractivity contribution in [1.82, 2.24) is 0 Å². The minimum absolute atomic E-state index is 0.374. The molecule has 0 aromatic carbocycles. The van der Waals surface area contributed by atoms with Gasteiger partial charge >= 0.3 is 0 Å². The van der Waals surface area contributed by atoms with E-state index in [0.717, 1.165) is 5.92 Å². The molecule has 1 aliphatic heterocycles. The van der Waals surface area contributed by atoms with Crippen molar-refractivity contribution in [3.05, 3.63) is 0 Å². The average Bonchev–Trinajstić information content (AvgIpc) is 2.50. The van der Waals surface area contributed by atoms with E-state index in [4.69, 9.17) is 5.26 Å². The van der Waals surface area contributed by atoms with Crippen LogP contribution in [0.2, 0.25) is 12.6 Å². The molecule has 0 aromatic rings. The van der Waals surface area contributed by atoms with Crippen molar-refractivity contribution < 1.29 is 0 Å². The fourth-order valence-corrected chi connectivity index (χ4v) is 3.38. The first-order valence-corrected chi connectivity index (χ1v) is 5.66. The Kier molecular flexibility index (Phi) is 2.36. The summed E-state index contributed by atoms with van der Waals surface area (Å²) in [5.41, 5.74) is 0.660. The maximum Gasteiger partial charge on any atom is 0.267 e. The molecule has 1 saturated heterocycles. The zero-order valence-corrected chi connectivity index (χ0v) is 8.55. The molecule has 1 unspecified atom stereocenters. The minimum Gasteiger partial charge on any atom is -0.213 e. The first-order chi connectivity index (χ1) is 6.27. The van der Waals surface area contributed by atoms with E-state index in [2.05, 4.69) is 12.9 Å². The van der Waals surface area contributed by atoms with Gasteiger partial charge in [-0.3, -0.25) is 0 Å². The smallest absolute Gasteiger partial charge is 0.213 e. The molecular weight excluding hydrogens is 157 g/mol. The molecule has 2 fully saturated rings. The van der Waals surface area contributed by atoms with Gasteiger partial charge in [0.25, 0.3) is 6.71 Å². The lowest BCUT2D eigenvalue weighted by atomic mass is 9.39. The van der Waals surface area contributed by atoms with Crippen molar-refractivity contribution in [2.45, 2.75) is 51.7 Å². The van der Waals surface area contributed by atoms with Crippen LogP contribution < -0.4 is 0 Å². The van der Waals surface area contributed by atoms with Crippen molar-refractivity contribution in [2.75, 3.05) is 0 Å². The van der Waals surface area contributed by atoms with Gasteiger partial charge in [-0.25, -0.2) is 5.26 Å². The molecule has 2 rings (SSSR count). The van der Waals surface area contributed by atoms with Gasteiger partial charge < -0.3 is 0 Å². The molecule has 1 atom stereocenters. The quantitative estimate of drug-likeness (QED) is 0.519. The van der Waals surface area contributed by atoms with E-state index in [1.54, 1.807) is 0 Å². The van der Waals surface area contributed by atoms with E-state index in [1.807, 2.05) is 0 Å². The number of nitrogens with zero attached hydrogens (tertiary/aromatic N) is 1. The van der Waals surface area contributed by atoms with Gasteiger partial charge in [0.1, 0.15) is 0 Å². The molecule has 1 spiro atoms. The van der Waals surface area contributed by atoms with Crippen molar-refractivity contribution in [1.29, 1.82) is 5.26 Å². The fraction of sp³-hybridized carbons (Fsp3) is 0.909. The van der Waals surface area contributed by atoms with Crippen LogP contribution in [0, 0.1) is 22.6 Å². The van der Waals surface area contributed by atoms with E-state index >= 15 is 0 Å². The Hall–Kier alpha value is -0.445. The van der Waals surface area contributed by atoms with Crippen LogP contribution in [0.25, 0.3) is 0 Å². The average molecular weight is 175 g/mol. The van der Waals surface area contributed by atoms with Gasteiger partial charge in [-0.15, -0.1) is 0 Å². The normalized spacial score (nSPS) is 32.0. The van der Waals surface area contributed by atoms with Crippen LogP contribution in [-0.2, 0) is 0 Å². The highest BCUT2D eigenvalue weighted by atomic mass is 14.4. The largest absolute Gasteiger partial charge is 0.267 e. The molecule has 70 valence electrons. The Morgan fingerprint density at radius 1 is 1.31 bits per heavy atom. The Labute approximate surface area is 81.6 Å². The second-order valence-electron chi connectivity index (χ2n) is 5.06. The second-order valence-corrected chi connectivity index (χ2v) is 5.06. The van der Waals surface area contributed by atoms with E-state index in [1.165, 1.54) is 44.7 Å². The molecule has 2 heteroatoms. The lowest BCUT2D eigenvalue weighted by Crippen LogP contribution is -2.32. The molecule has 2 aliphatic rings. The van der Waals surface area contributed by atoms with E-state index < -0.39 is 0 Å². The van der Waals surface area contributed by atoms with Gasteiger partial charge in [0.2, 0.25) is 0 Å². The van der Waals surface area contributed by atoms with E-state index in [-0.39, 0.29) is 0 Å². The fourth-order valence-electron chi connectivity index (χ4n) is 3.38. The van der Waals surface area contributed by atoms with Crippen LogP contribution in [0.15, 0.2) is 0 Å². The Balaban J connectivity index is 2.00. The molecule has 0 bridgehead atoms. The van der Waals surface area contributed by atoms with Crippen LogP contribution in [0.5, 0.6) is 0 Å². The molecule has 1 nitrogen and oxygen atoms in total. The number of rotatable bonds is 0. The second kappa shape index (κ2) is 3.37.